The number of rotatable bonds is 5. The number of hydrogen-bond acceptors (Lipinski definition) is 3. The van der Waals surface area contributed by atoms with E-state index in [2.05, 4.69) is 4.72 Å². The Morgan fingerprint density at radius 3 is 2.27 bits per heavy atom. The molecule has 0 unspecified atom stereocenters. The quantitative estimate of drug-likeness (QED) is 0.612. The fourth-order valence-corrected chi connectivity index (χ4v) is 1.50. The fraction of sp³-hybridized carbons (Fsp3) is 1.00. The number of aliphatic hydroxyl groups is 1. The van der Waals surface area contributed by atoms with Crippen LogP contribution in [0.15, 0.2) is 0 Å². The zero-order chi connectivity index (χ0) is 8.91. The average molecular weight is 181 g/mol. The van der Waals surface area contributed by atoms with Crippen molar-refractivity contribution in [1.82, 2.24) is 4.72 Å². The summed E-state index contributed by atoms with van der Waals surface area (Å²) in [4.78, 5) is 0. The van der Waals surface area contributed by atoms with Gasteiger partial charge in [0.05, 0.1) is 12.4 Å². The molecule has 0 rings (SSSR count). The molecule has 0 saturated heterocycles. The van der Waals surface area contributed by atoms with Gasteiger partial charge in [-0.15, -0.1) is 0 Å². The molecular weight excluding hydrogens is 166 g/mol. The molecule has 0 aromatic rings. The van der Waals surface area contributed by atoms with Crippen LogP contribution in [0.4, 0.5) is 0 Å². The Labute approximate surface area is 67.7 Å². The van der Waals surface area contributed by atoms with Crippen LogP contribution < -0.4 is 4.72 Å². The maximum absolute atomic E-state index is 10.9. The predicted molar refractivity (Wildman–Crippen MR) is 43.8 cm³/mol. The number of nitrogens with one attached hydrogen (secondary N) is 1. The topological polar surface area (TPSA) is 66.4 Å². The molecule has 0 radical (unpaired) electrons. The summed E-state index contributed by atoms with van der Waals surface area (Å²) in [7, 11) is -3.15. The molecule has 0 aromatic heterocycles. The molecule has 0 aromatic carbocycles. The van der Waals surface area contributed by atoms with E-state index in [0.29, 0.717) is 6.42 Å². The largest absolute Gasteiger partial charge is 0.395 e. The number of sulfonamides is 1. The van der Waals surface area contributed by atoms with Gasteiger partial charge in [-0.05, 0) is 13.3 Å². The van der Waals surface area contributed by atoms with Gasteiger partial charge in [-0.3, -0.25) is 0 Å². The summed E-state index contributed by atoms with van der Waals surface area (Å²) in [5, 5.41) is 8.66. The van der Waals surface area contributed by atoms with Crippen LogP contribution >= 0.6 is 0 Å². The number of hydrogen-bond donors (Lipinski definition) is 2. The Bertz CT molecular complexity index is 184. The highest BCUT2D eigenvalue weighted by Gasteiger charge is 2.12. The van der Waals surface area contributed by atoms with E-state index in [9.17, 15) is 8.42 Å². The molecule has 1 atom stereocenters. The van der Waals surface area contributed by atoms with E-state index in [-0.39, 0.29) is 18.4 Å². The van der Waals surface area contributed by atoms with Gasteiger partial charge in [0.15, 0.2) is 0 Å². The molecule has 0 saturated carbocycles. The summed E-state index contributed by atoms with van der Waals surface area (Å²) >= 11 is 0. The molecule has 68 valence electrons. The van der Waals surface area contributed by atoms with Crippen LogP contribution in [0.25, 0.3) is 0 Å². The lowest BCUT2D eigenvalue weighted by atomic mass is 10.3. The Balaban J connectivity index is 4.01. The number of aliphatic hydroxyl groups excluding tert-OH is 1. The van der Waals surface area contributed by atoms with Crippen molar-refractivity contribution in [3.8, 4) is 0 Å². The second-order valence-electron chi connectivity index (χ2n) is 2.31. The van der Waals surface area contributed by atoms with Gasteiger partial charge in [0.25, 0.3) is 0 Å². The van der Waals surface area contributed by atoms with Crippen molar-refractivity contribution >= 4 is 10.0 Å². The van der Waals surface area contributed by atoms with E-state index in [4.69, 9.17) is 5.11 Å². The summed E-state index contributed by atoms with van der Waals surface area (Å²) in [5.74, 6) is 0.0590. The molecule has 0 heterocycles. The van der Waals surface area contributed by atoms with Crippen molar-refractivity contribution in [2.75, 3.05) is 12.4 Å². The van der Waals surface area contributed by atoms with Gasteiger partial charge in [-0.1, -0.05) is 6.92 Å². The second kappa shape index (κ2) is 4.69. The van der Waals surface area contributed by atoms with Crippen LogP contribution in [0, 0.1) is 0 Å². The lowest BCUT2D eigenvalue weighted by Crippen LogP contribution is -2.37. The van der Waals surface area contributed by atoms with E-state index in [0.717, 1.165) is 0 Å². The molecule has 2 N–H and O–H groups in total. The highest BCUT2D eigenvalue weighted by Crippen LogP contribution is 1.92. The van der Waals surface area contributed by atoms with Gasteiger partial charge in [-0.2, -0.15) is 0 Å². The third-order valence-electron chi connectivity index (χ3n) is 1.44. The molecule has 11 heavy (non-hydrogen) atoms. The average Bonchev–Trinajstić information content (AvgIpc) is 2.00. The smallest absolute Gasteiger partial charge is 0.211 e. The Morgan fingerprint density at radius 2 is 2.00 bits per heavy atom. The van der Waals surface area contributed by atoms with Crippen LogP contribution in [0.5, 0.6) is 0 Å². The molecule has 4 nitrogen and oxygen atoms in total. The van der Waals surface area contributed by atoms with Gasteiger partial charge < -0.3 is 5.11 Å². The van der Waals surface area contributed by atoms with Gasteiger partial charge in [0, 0.05) is 6.04 Å². The van der Waals surface area contributed by atoms with Crippen molar-refractivity contribution in [3.05, 3.63) is 0 Å². The minimum absolute atomic E-state index is 0.0590. The normalized spacial score (nSPS) is 14.8. The fourth-order valence-electron chi connectivity index (χ4n) is 0.587. The van der Waals surface area contributed by atoms with E-state index < -0.39 is 10.0 Å². The standard InChI is InChI=1S/C6H15NO3S/c1-3-6(5-8)7-11(9,10)4-2/h6-8H,3-5H2,1-2H3/t6-/m0/s1. The Morgan fingerprint density at radius 1 is 1.45 bits per heavy atom. The molecule has 0 amide bonds. The van der Waals surface area contributed by atoms with Gasteiger partial charge in [0.1, 0.15) is 0 Å². The van der Waals surface area contributed by atoms with Crippen LogP contribution in [-0.2, 0) is 10.0 Å². The van der Waals surface area contributed by atoms with Crippen molar-refractivity contribution < 1.29 is 13.5 Å². The zero-order valence-electron chi connectivity index (χ0n) is 6.87. The maximum Gasteiger partial charge on any atom is 0.211 e. The summed E-state index contributed by atoms with van der Waals surface area (Å²) in [6, 6.07) is -0.333. The molecule has 0 aliphatic heterocycles. The predicted octanol–water partition coefficient (Wildman–Crippen LogP) is -0.303. The molecule has 0 bridgehead atoms. The van der Waals surface area contributed by atoms with Crippen LogP contribution in [0.2, 0.25) is 0 Å². The maximum atomic E-state index is 10.9. The van der Waals surface area contributed by atoms with Crippen molar-refractivity contribution in [3.63, 3.8) is 0 Å². The lowest BCUT2D eigenvalue weighted by Gasteiger charge is -2.12. The summed E-state index contributed by atoms with van der Waals surface area (Å²) in [6.07, 6.45) is 0.607. The van der Waals surface area contributed by atoms with Crippen LogP contribution in [0.3, 0.4) is 0 Å². The van der Waals surface area contributed by atoms with E-state index in [1.807, 2.05) is 6.92 Å². The first-order valence-electron chi connectivity index (χ1n) is 3.66. The minimum atomic E-state index is -3.15. The third kappa shape index (κ3) is 4.34. The molecule has 0 fully saturated rings. The highest BCUT2D eigenvalue weighted by molar-refractivity contribution is 7.89. The molecule has 0 aliphatic rings. The summed E-state index contributed by atoms with van der Waals surface area (Å²) in [5.41, 5.74) is 0. The summed E-state index contributed by atoms with van der Waals surface area (Å²) in [6.45, 7) is 3.24. The highest BCUT2D eigenvalue weighted by atomic mass is 32.2. The second-order valence-corrected chi connectivity index (χ2v) is 4.35. The van der Waals surface area contributed by atoms with Crippen LogP contribution in [-0.4, -0.2) is 31.9 Å². The Kier molecular flexibility index (Phi) is 4.63. The molecule has 0 spiro atoms. The van der Waals surface area contributed by atoms with Gasteiger partial charge >= 0.3 is 0 Å². The molecule has 5 heteroatoms. The van der Waals surface area contributed by atoms with Gasteiger partial charge in [0.2, 0.25) is 10.0 Å². The van der Waals surface area contributed by atoms with Crippen LogP contribution in [0.1, 0.15) is 20.3 Å². The Hall–Kier alpha value is -0.130. The van der Waals surface area contributed by atoms with Crippen molar-refractivity contribution in [2.45, 2.75) is 26.3 Å². The van der Waals surface area contributed by atoms with Crippen molar-refractivity contribution in [2.24, 2.45) is 0 Å². The van der Waals surface area contributed by atoms with E-state index >= 15 is 0 Å². The van der Waals surface area contributed by atoms with E-state index in [1.165, 1.54) is 0 Å². The first kappa shape index (κ1) is 10.9. The monoisotopic (exact) mass is 181 g/mol. The third-order valence-corrected chi connectivity index (χ3v) is 2.89. The molecule has 0 aliphatic carbocycles. The minimum Gasteiger partial charge on any atom is -0.395 e. The first-order chi connectivity index (χ1) is 5.05. The first-order valence-corrected chi connectivity index (χ1v) is 5.31. The summed E-state index contributed by atoms with van der Waals surface area (Å²) < 4.78 is 24.2. The van der Waals surface area contributed by atoms with Crippen molar-refractivity contribution in [1.29, 1.82) is 0 Å². The SMILES string of the molecule is CC[C@@H](CO)NS(=O)(=O)CC. The molecular formula is C6H15NO3S. The van der Waals surface area contributed by atoms with E-state index in [1.54, 1.807) is 6.92 Å². The van der Waals surface area contributed by atoms with Gasteiger partial charge in [-0.25, -0.2) is 13.1 Å². The lowest BCUT2D eigenvalue weighted by molar-refractivity contribution is 0.254. The zero-order valence-corrected chi connectivity index (χ0v) is 7.69.